The minimum atomic E-state index is -0.923. The van der Waals surface area contributed by atoms with Gasteiger partial charge in [0.25, 0.3) is 0 Å². The van der Waals surface area contributed by atoms with Crippen LogP contribution in [0.4, 0.5) is 4.79 Å². The predicted octanol–water partition coefficient (Wildman–Crippen LogP) is 1.38. The van der Waals surface area contributed by atoms with E-state index in [1.165, 1.54) is 0 Å². The average molecular weight is 517 g/mol. The summed E-state index contributed by atoms with van der Waals surface area (Å²) in [7, 11) is 0. The Labute approximate surface area is 209 Å². The normalized spacial score (nSPS) is 20.6. The van der Waals surface area contributed by atoms with Crippen LogP contribution in [0.3, 0.4) is 0 Å². The second-order valence-electron chi connectivity index (χ2n) is 8.18. The number of ether oxygens (including phenoxy) is 3. The fourth-order valence-corrected chi connectivity index (χ4v) is 5.41. The van der Waals surface area contributed by atoms with Crippen LogP contribution in [0.5, 0.6) is 0 Å². The van der Waals surface area contributed by atoms with Crippen LogP contribution in [-0.4, -0.2) is 110 Å². The van der Waals surface area contributed by atoms with Gasteiger partial charge in [0.05, 0.1) is 58.1 Å². The van der Waals surface area contributed by atoms with E-state index in [-0.39, 0.29) is 50.2 Å². The highest BCUT2D eigenvalue weighted by Gasteiger charge is 2.42. The number of carbonyl (C=O) groups is 3. The summed E-state index contributed by atoms with van der Waals surface area (Å²) in [5.41, 5.74) is 8.20. The summed E-state index contributed by atoms with van der Waals surface area (Å²) in [5.74, 6) is 0.00289. The van der Waals surface area contributed by atoms with Gasteiger partial charge in [0.15, 0.2) is 0 Å². The molecule has 3 atom stereocenters. The van der Waals surface area contributed by atoms with Gasteiger partial charge in [-0.2, -0.15) is 11.8 Å². The van der Waals surface area contributed by atoms with Gasteiger partial charge in [-0.3, -0.25) is 9.59 Å². The lowest BCUT2D eigenvalue weighted by Gasteiger charge is -2.23. The van der Waals surface area contributed by atoms with Crippen molar-refractivity contribution in [1.82, 2.24) is 15.5 Å². The molecule has 3 N–H and O–H groups in total. The summed E-state index contributed by atoms with van der Waals surface area (Å²) in [6.45, 7) is 2.80. The van der Waals surface area contributed by atoms with E-state index in [2.05, 4.69) is 20.7 Å². The van der Waals surface area contributed by atoms with Crippen LogP contribution in [0.1, 0.15) is 32.1 Å². The Hall–Kier alpha value is -2.25. The van der Waals surface area contributed by atoms with Gasteiger partial charge < -0.3 is 34.9 Å². The van der Waals surface area contributed by atoms with Gasteiger partial charge in [-0.1, -0.05) is 11.5 Å². The van der Waals surface area contributed by atoms with Crippen molar-refractivity contribution >= 4 is 29.7 Å². The summed E-state index contributed by atoms with van der Waals surface area (Å²) >= 11 is 1.86. The zero-order valence-electron chi connectivity index (χ0n) is 19.9. The number of carboxylic acids is 1. The lowest BCUT2D eigenvalue weighted by molar-refractivity contribution is -0.139. The number of urea groups is 1. The molecule has 35 heavy (non-hydrogen) atoms. The van der Waals surface area contributed by atoms with Crippen molar-refractivity contribution in [2.75, 3.05) is 65.0 Å². The second kappa shape index (κ2) is 17.2. The number of thioether (sulfide) groups is 1. The van der Waals surface area contributed by atoms with Crippen LogP contribution >= 0.6 is 11.8 Å². The number of azide groups is 1. The number of unbranched alkanes of at least 4 members (excludes halogenated alkanes) is 1. The number of rotatable bonds is 20. The molecule has 13 nitrogen and oxygen atoms in total. The van der Waals surface area contributed by atoms with Crippen LogP contribution in [0.15, 0.2) is 5.11 Å². The number of nitrogens with one attached hydrogen (secondary N) is 2. The zero-order valence-corrected chi connectivity index (χ0v) is 20.7. The van der Waals surface area contributed by atoms with Gasteiger partial charge >= 0.3 is 12.0 Å². The molecular formula is C21H36N6O7S. The molecule has 2 fully saturated rings. The number of carbonyl (C=O) groups excluding carboxylic acids is 2. The van der Waals surface area contributed by atoms with Gasteiger partial charge in [-0.15, -0.1) is 0 Å². The average Bonchev–Trinajstić information content (AvgIpc) is 3.38. The molecule has 3 amide bonds. The molecule has 2 aliphatic heterocycles. The minimum Gasteiger partial charge on any atom is -0.481 e. The van der Waals surface area contributed by atoms with E-state index in [1.54, 1.807) is 4.90 Å². The van der Waals surface area contributed by atoms with E-state index in [1.807, 2.05) is 11.8 Å². The lowest BCUT2D eigenvalue weighted by Crippen LogP contribution is -2.37. The third-order valence-electron chi connectivity index (χ3n) is 5.66. The van der Waals surface area contributed by atoms with E-state index >= 15 is 0 Å². The van der Waals surface area contributed by atoms with Gasteiger partial charge in [0, 0.05) is 42.0 Å². The van der Waals surface area contributed by atoms with Gasteiger partial charge in [-0.05, 0) is 18.4 Å². The summed E-state index contributed by atoms with van der Waals surface area (Å²) in [6, 6.07) is 0.277. The largest absolute Gasteiger partial charge is 0.481 e. The van der Waals surface area contributed by atoms with Gasteiger partial charge in [0.1, 0.15) is 0 Å². The van der Waals surface area contributed by atoms with Crippen LogP contribution < -0.4 is 10.6 Å². The third kappa shape index (κ3) is 11.8. The smallest absolute Gasteiger partial charge is 0.315 e. The second-order valence-corrected chi connectivity index (χ2v) is 9.46. The summed E-state index contributed by atoms with van der Waals surface area (Å²) in [4.78, 5) is 39.2. The molecule has 2 aliphatic rings. The van der Waals surface area contributed by atoms with Crippen molar-refractivity contribution in [2.45, 2.75) is 49.4 Å². The van der Waals surface area contributed by atoms with Gasteiger partial charge in [-0.25, -0.2) is 4.79 Å². The predicted molar refractivity (Wildman–Crippen MR) is 129 cm³/mol. The number of fused-ring (bicyclic) bond motifs is 1. The summed E-state index contributed by atoms with van der Waals surface area (Å²) < 4.78 is 16.2. The Morgan fingerprint density at radius 3 is 2.49 bits per heavy atom. The maximum atomic E-state index is 12.8. The Kier molecular flexibility index (Phi) is 14.3. The number of hydrogen-bond donors (Lipinski definition) is 3. The fourth-order valence-electron chi connectivity index (χ4n) is 3.87. The molecule has 0 spiro atoms. The topological polar surface area (TPSA) is 175 Å². The lowest BCUT2D eigenvalue weighted by atomic mass is 10.0. The van der Waals surface area contributed by atoms with E-state index in [9.17, 15) is 14.4 Å². The molecule has 0 saturated carbocycles. The van der Waals surface area contributed by atoms with Crippen LogP contribution in [0.25, 0.3) is 10.4 Å². The minimum absolute atomic E-state index is 0.00818. The molecule has 0 aromatic rings. The van der Waals surface area contributed by atoms with Gasteiger partial charge in [0.2, 0.25) is 5.91 Å². The maximum Gasteiger partial charge on any atom is 0.315 e. The van der Waals surface area contributed by atoms with Crippen molar-refractivity contribution in [2.24, 2.45) is 5.11 Å². The Morgan fingerprint density at radius 1 is 1.06 bits per heavy atom. The summed E-state index contributed by atoms with van der Waals surface area (Å²) in [6.07, 6.45) is 2.93. The summed E-state index contributed by atoms with van der Waals surface area (Å²) in [5, 5.41) is 18.4. The standard InChI is InChI=1S/C21H36N6O7S/c22-26-23-6-10-33-13-14-34-12-8-27(7-11-32-9-5-19(29)30)18(28)4-2-1-3-17-20-16(15-35-17)24-21(31)25-20/h16-17,20H,1-15H2,(H,29,30)(H2,24,25,31)/t16-,17-,20-/m0/s1. The molecule has 2 heterocycles. The molecule has 0 unspecified atom stereocenters. The van der Waals surface area contributed by atoms with Crippen LogP contribution in [0.2, 0.25) is 0 Å². The fraction of sp³-hybridized carbons (Fsp3) is 0.857. The highest BCUT2D eigenvalue weighted by molar-refractivity contribution is 8.00. The number of carboxylic acid groups (broad SMARTS) is 1. The van der Waals surface area contributed by atoms with E-state index in [4.69, 9.17) is 24.8 Å². The first-order chi connectivity index (χ1) is 17.0. The molecule has 2 saturated heterocycles. The third-order valence-corrected chi connectivity index (χ3v) is 7.17. The molecule has 0 bridgehead atoms. The highest BCUT2D eigenvalue weighted by atomic mass is 32.2. The number of amides is 3. The molecule has 14 heteroatoms. The number of hydrogen-bond acceptors (Lipinski definition) is 8. The number of nitrogens with zero attached hydrogens (tertiary/aromatic N) is 4. The Bertz CT molecular complexity index is 724. The van der Waals surface area contributed by atoms with E-state index < -0.39 is 5.97 Å². The maximum absolute atomic E-state index is 12.8. The Balaban J connectivity index is 1.64. The first-order valence-corrected chi connectivity index (χ1v) is 13.0. The van der Waals surface area contributed by atoms with Crippen molar-refractivity contribution < 1.29 is 33.7 Å². The Morgan fingerprint density at radius 2 is 1.77 bits per heavy atom. The van der Waals surface area contributed by atoms with E-state index in [0.717, 1.165) is 25.0 Å². The number of aliphatic carboxylic acids is 1. The van der Waals surface area contributed by atoms with Crippen molar-refractivity contribution in [3.63, 3.8) is 0 Å². The molecular weight excluding hydrogens is 480 g/mol. The molecule has 198 valence electrons. The van der Waals surface area contributed by atoms with Crippen LogP contribution in [-0.2, 0) is 23.8 Å². The van der Waals surface area contributed by atoms with Crippen molar-refractivity contribution in [3.8, 4) is 0 Å². The quantitative estimate of drug-likeness (QED) is 0.0714. The SMILES string of the molecule is [N-]=[N+]=NCCOCCOCCN(CCOCCC(=O)O)C(=O)CCCC[C@@H]1SC[C@@H]2NC(=O)N[C@@H]21. The monoisotopic (exact) mass is 516 g/mol. The first kappa shape index (κ1) is 29.0. The van der Waals surface area contributed by atoms with Crippen molar-refractivity contribution in [3.05, 3.63) is 10.4 Å². The molecule has 0 radical (unpaired) electrons. The molecule has 2 rings (SSSR count). The molecule has 0 aliphatic carbocycles. The van der Waals surface area contributed by atoms with E-state index in [0.29, 0.717) is 51.2 Å². The highest BCUT2D eigenvalue weighted by Crippen LogP contribution is 2.33. The molecule has 0 aromatic carbocycles. The van der Waals surface area contributed by atoms with Crippen molar-refractivity contribution in [1.29, 1.82) is 0 Å². The zero-order chi connectivity index (χ0) is 25.3. The molecule has 0 aromatic heterocycles. The first-order valence-electron chi connectivity index (χ1n) is 11.9. The van der Waals surface area contributed by atoms with Crippen LogP contribution in [0, 0.1) is 0 Å².